The van der Waals surface area contributed by atoms with Crippen molar-refractivity contribution >= 4 is 5.91 Å². The van der Waals surface area contributed by atoms with Gasteiger partial charge in [-0.15, -0.1) is 0 Å². The van der Waals surface area contributed by atoms with Crippen LogP contribution in [0.3, 0.4) is 0 Å². The van der Waals surface area contributed by atoms with E-state index in [0.29, 0.717) is 12.1 Å². The quantitative estimate of drug-likeness (QED) is 0.857. The molecule has 1 unspecified atom stereocenters. The molecule has 26 heavy (non-hydrogen) atoms. The van der Waals surface area contributed by atoms with E-state index in [0.717, 1.165) is 24.8 Å². The largest absolute Gasteiger partial charge is 0.497 e. The first-order valence-electron chi connectivity index (χ1n) is 9.38. The average molecular weight is 352 g/mol. The molecule has 0 aromatic heterocycles. The molecule has 2 aromatic carbocycles. The standard InChI is InChI=1S/C22H28N2O2/c1-17-12-14-24(15-13-17)21(18-6-4-3-5-7-18)16-23-22(25)19-8-10-20(26-2)11-9-19/h3-11,17,21H,12-16H2,1-2H3,(H,23,25). The fourth-order valence-electron chi connectivity index (χ4n) is 3.51. The number of benzene rings is 2. The number of carbonyl (C=O) groups is 1. The highest BCUT2D eigenvalue weighted by molar-refractivity contribution is 5.94. The molecule has 4 heteroatoms. The molecule has 1 aliphatic heterocycles. The van der Waals surface area contributed by atoms with E-state index >= 15 is 0 Å². The number of amides is 1. The maximum Gasteiger partial charge on any atom is 0.251 e. The lowest BCUT2D eigenvalue weighted by atomic mass is 9.95. The van der Waals surface area contributed by atoms with Crippen LogP contribution in [0.4, 0.5) is 0 Å². The van der Waals surface area contributed by atoms with Crippen molar-refractivity contribution < 1.29 is 9.53 Å². The molecule has 1 atom stereocenters. The van der Waals surface area contributed by atoms with Gasteiger partial charge in [0, 0.05) is 12.1 Å². The van der Waals surface area contributed by atoms with E-state index < -0.39 is 0 Å². The van der Waals surface area contributed by atoms with Crippen LogP contribution in [-0.4, -0.2) is 37.6 Å². The van der Waals surface area contributed by atoms with Gasteiger partial charge in [-0.25, -0.2) is 0 Å². The molecule has 0 spiro atoms. The second-order valence-electron chi connectivity index (χ2n) is 7.08. The van der Waals surface area contributed by atoms with Crippen LogP contribution in [0.25, 0.3) is 0 Å². The van der Waals surface area contributed by atoms with Gasteiger partial charge in [-0.1, -0.05) is 37.3 Å². The summed E-state index contributed by atoms with van der Waals surface area (Å²) in [4.78, 5) is 15.0. The summed E-state index contributed by atoms with van der Waals surface area (Å²) >= 11 is 0. The van der Waals surface area contributed by atoms with Gasteiger partial charge < -0.3 is 10.1 Å². The van der Waals surface area contributed by atoms with Crippen LogP contribution in [0.1, 0.15) is 41.7 Å². The lowest BCUT2D eigenvalue weighted by molar-refractivity contribution is 0.0913. The minimum atomic E-state index is -0.0426. The summed E-state index contributed by atoms with van der Waals surface area (Å²) in [7, 11) is 1.62. The number of hydrogen-bond acceptors (Lipinski definition) is 3. The van der Waals surface area contributed by atoms with Crippen molar-refractivity contribution in [1.82, 2.24) is 10.2 Å². The number of rotatable bonds is 6. The normalized spacial score (nSPS) is 16.8. The molecule has 2 aromatic rings. The Bertz CT molecular complexity index is 692. The Morgan fingerprint density at radius 1 is 1.12 bits per heavy atom. The number of likely N-dealkylation sites (tertiary alicyclic amines) is 1. The molecule has 1 amide bonds. The van der Waals surface area contributed by atoms with E-state index in [9.17, 15) is 4.79 Å². The van der Waals surface area contributed by atoms with Crippen LogP contribution in [0.15, 0.2) is 54.6 Å². The summed E-state index contributed by atoms with van der Waals surface area (Å²) in [6, 6.07) is 17.9. The van der Waals surface area contributed by atoms with Gasteiger partial charge in [0.1, 0.15) is 5.75 Å². The summed E-state index contributed by atoms with van der Waals surface area (Å²) in [5.41, 5.74) is 1.92. The summed E-state index contributed by atoms with van der Waals surface area (Å²) in [6.07, 6.45) is 2.44. The maximum atomic E-state index is 12.5. The summed E-state index contributed by atoms with van der Waals surface area (Å²) < 4.78 is 5.15. The Morgan fingerprint density at radius 2 is 1.77 bits per heavy atom. The third-order valence-electron chi connectivity index (χ3n) is 5.25. The van der Waals surface area contributed by atoms with Crippen molar-refractivity contribution in [3.63, 3.8) is 0 Å². The Morgan fingerprint density at radius 3 is 2.38 bits per heavy atom. The van der Waals surface area contributed by atoms with E-state index in [1.807, 2.05) is 18.2 Å². The van der Waals surface area contributed by atoms with Crippen LogP contribution in [0, 0.1) is 5.92 Å². The first-order chi connectivity index (χ1) is 12.7. The van der Waals surface area contributed by atoms with Crippen molar-refractivity contribution in [2.75, 3.05) is 26.7 Å². The lowest BCUT2D eigenvalue weighted by Crippen LogP contribution is -2.42. The van der Waals surface area contributed by atoms with Gasteiger partial charge in [0.25, 0.3) is 5.91 Å². The number of piperidine rings is 1. The highest BCUT2D eigenvalue weighted by atomic mass is 16.5. The molecule has 0 bridgehead atoms. The number of nitrogens with zero attached hydrogens (tertiary/aromatic N) is 1. The summed E-state index contributed by atoms with van der Waals surface area (Å²) in [6.45, 7) is 5.10. The fraction of sp³-hybridized carbons (Fsp3) is 0.409. The zero-order chi connectivity index (χ0) is 18.4. The number of carbonyl (C=O) groups excluding carboxylic acids is 1. The molecule has 3 rings (SSSR count). The van der Waals surface area contributed by atoms with Crippen molar-refractivity contribution in [3.8, 4) is 5.75 Å². The predicted molar refractivity (Wildman–Crippen MR) is 104 cm³/mol. The molecule has 0 aliphatic carbocycles. The van der Waals surface area contributed by atoms with Crippen molar-refractivity contribution in [2.45, 2.75) is 25.8 Å². The Labute approximate surface area is 156 Å². The van der Waals surface area contributed by atoms with Gasteiger partial charge in [-0.2, -0.15) is 0 Å². The minimum Gasteiger partial charge on any atom is -0.497 e. The first-order valence-corrected chi connectivity index (χ1v) is 9.38. The maximum absolute atomic E-state index is 12.5. The number of nitrogens with one attached hydrogen (secondary N) is 1. The molecular weight excluding hydrogens is 324 g/mol. The van der Waals surface area contributed by atoms with Crippen molar-refractivity contribution in [2.24, 2.45) is 5.92 Å². The molecule has 1 N–H and O–H groups in total. The topological polar surface area (TPSA) is 41.6 Å². The third-order valence-corrected chi connectivity index (χ3v) is 5.25. The zero-order valence-corrected chi connectivity index (χ0v) is 15.7. The first kappa shape index (κ1) is 18.5. The molecule has 1 aliphatic rings. The summed E-state index contributed by atoms with van der Waals surface area (Å²) in [5.74, 6) is 1.50. The molecule has 138 valence electrons. The van der Waals surface area contributed by atoms with E-state index in [1.54, 1.807) is 19.2 Å². The van der Waals surface area contributed by atoms with Crippen molar-refractivity contribution in [3.05, 3.63) is 65.7 Å². The SMILES string of the molecule is COc1ccc(C(=O)NCC(c2ccccc2)N2CCC(C)CC2)cc1. The molecule has 0 radical (unpaired) electrons. The van der Waals surface area contributed by atoms with Crippen molar-refractivity contribution in [1.29, 1.82) is 0 Å². The highest BCUT2D eigenvalue weighted by Crippen LogP contribution is 2.26. The number of methoxy groups -OCH3 is 1. The van der Waals surface area contributed by atoms with E-state index in [-0.39, 0.29) is 11.9 Å². The van der Waals surface area contributed by atoms with Gasteiger partial charge in [-0.3, -0.25) is 9.69 Å². The Kier molecular flexibility index (Phi) is 6.29. The molecule has 1 fully saturated rings. The Hall–Kier alpha value is -2.33. The zero-order valence-electron chi connectivity index (χ0n) is 15.7. The van der Waals surface area contributed by atoms with Crippen LogP contribution in [0.2, 0.25) is 0 Å². The molecular formula is C22H28N2O2. The third kappa shape index (κ3) is 4.64. The smallest absolute Gasteiger partial charge is 0.251 e. The second-order valence-corrected chi connectivity index (χ2v) is 7.08. The molecule has 1 saturated heterocycles. The van der Waals surface area contributed by atoms with Crippen LogP contribution >= 0.6 is 0 Å². The van der Waals surface area contributed by atoms with E-state index in [4.69, 9.17) is 4.74 Å². The number of ether oxygens (including phenoxy) is 1. The Balaban J connectivity index is 1.68. The van der Waals surface area contributed by atoms with E-state index in [1.165, 1.54) is 18.4 Å². The van der Waals surface area contributed by atoms with Crippen LogP contribution in [0.5, 0.6) is 5.75 Å². The van der Waals surface area contributed by atoms with Crippen LogP contribution in [-0.2, 0) is 0 Å². The fourth-order valence-corrected chi connectivity index (χ4v) is 3.51. The lowest BCUT2D eigenvalue weighted by Gasteiger charge is -2.37. The second kappa shape index (κ2) is 8.86. The monoisotopic (exact) mass is 352 g/mol. The number of hydrogen-bond donors (Lipinski definition) is 1. The van der Waals surface area contributed by atoms with Gasteiger partial charge in [0.05, 0.1) is 13.2 Å². The summed E-state index contributed by atoms with van der Waals surface area (Å²) in [5, 5.41) is 3.12. The van der Waals surface area contributed by atoms with Gasteiger partial charge >= 0.3 is 0 Å². The molecule has 4 nitrogen and oxygen atoms in total. The predicted octanol–water partition coefficient (Wildman–Crippen LogP) is 3.90. The minimum absolute atomic E-state index is 0.0426. The highest BCUT2D eigenvalue weighted by Gasteiger charge is 2.25. The van der Waals surface area contributed by atoms with Gasteiger partial charge in [0.15, 0.2) is 0 Å². The van der Waals surface area contributed by atoms with E-state index in [2.05, 4.69) is 41.4 Å². The van der Waals surface area contributed by atoms with Gasteiger partial charge in [-0.05, 0) is 61.7 Å². The molecule has 1 heterocycles. The molecule has 0 saturated carbocycles. The average Bonchev–Trinajstić information content (AvgIpc) is 2.70. The van der Waals surface area contributed by atoms with Crippen LogP contribution < -0.4 is 10.1 Å². The van der Waals surface area contributed by atoms with Gasteiger partial charge in [0.2, 0.25) is 0 Å².